The van der Waals surface area contributed by atoms with Crippen molar-refractivity contribution in [1.82, 2.24) is 0 Å². The molecule has 0 radical (unpaired) electrons. The molecule has 0 heterocycles. The van der Waals surface area contributed by atoms with Crippen LogP contribution in [0.1, 0.15) is 41.4 Å². The summed E-state index contributed by atoms with van der Waals surface area (Å²) < 4.78 is 11.8. The zero-order chi connectivity index (χ0) is 50.9. The van der Waals surface area contributed by atoms with Gasteiger partial charge in [-0.25, -0.2) is 4.79 Å². The van der Waals surface area contributed by atoms with E-state index in [2.05, 4.69) is 10.6 Å². The van der Waals surface area contributed by atoms with Gasteiger partial charge < -0.3 is 66.0 Å². The van der Waals surface area contributed by atoms with Gasteiger partial charge in [0.1, 0.15) is 54.0 Å². The topological polar surface area (TPSA) is 272 Å². The van der Waals surface area contributed by atoms with Crippen LogP contribution in [0.15, 0.2) is 182 Å². The SMILES string of the molecule is C[NH2+]CC(O)C(O)C(O)C(O)CO.O=C(Nc1ccccc1C(=O)O)c1ccc(Oc2ccc3ccccc3c2)cc1.O=C(Nc1ccccc1C(=O)[O-])c1ccc(Oc2ccc3ccccc3c2)cc1. The molecular weight excluding hydrogens is 911 g/mol. The summed E-state index contributed by atoms with van der Waals surface area (Å²) in [5.74, 6) is -0.665. The lowest BCUT2D eigenvalue weighted by molar-refractivity contribution is -0.635. The number of likely N-dealkylation sites (N-methyl/N-ethyl adjacent to an activating group) is 1. The largest absolute Gasteiger partial charge is 0.545 e. The van der Waals surface area contributed by atoms with Crippen molar-refractivity contribution in [2.45, 2.75) is 24.4 Å². The maximum Gasteiger partial charge on any atom is 0.337 e. The van der Waals surface area contributed by atoms with Gasteiger partial charge in [-0.15, -0.1) is 0 Å². The highest BCUT2D eigenvalue weighted by atomic mass is 16.5. The van der Waals surface area contributed by atoms with Crippen molar-refractivity contribution in [2.75, 3.05) is 30.8 Å². The Hall–Kier alpha value is -8.48. The number of fused-ring (bicyclic) bond motifs is 2. The number of ether oxygens (including phenoxy) is 2. The Morgan fingerprint density at radius 1 is 0.507 bits per heavy atom. The molecule has 0 saturated heterocycles. The maximum atomic E-state index is 12.5. The predicted octanol–water partition coefficient (Wildman–Crippen LogP) is 5.45. The fraction of sp³-hybridized carbons (Fsp3) is 0.127. The number of hydrogen-bond donors (Lipinski definition) is 9. The minimum Gasteiger partial charge on any atom is -0.545 e. The van der Waals surface area contributed by atoms with E-state index in [-0.39, 0.29) is 29.0 Å². The number of nitrogens with two attached hydrogens (primary N) is 1. The first kappa shape index (κ1) is 51.9. The molecule has 8 rings (SSSR count). The van der Waals surface area contributed by atoms with Crippen LogP contribution < -0.4 is 30.5 Å². The molecule has 4 unspecified atom stereocenters. The fourth-order valence-corrected chi connectivity index (χ4v) is 6.96. The average Bonchev–Trinajstić information content (AvgIpc) is 3.39. The van der Waals surface area contributed by atoms with Crippen molar-refractivity contribution >= 4 is 56.7 Å². The number of benzene rings is 8. The molecule has 16 nitrogen and oxygen atoms in total. The number of carbonyl (C=O) groups excluding carboxylic acids is 3. The minimum atomic E-state index is -1.53. The molecule has 2 amide bonds. The number of aliphatic hydroxyl groups excluding tert-OH is 5. The Morgan fingerprint density at radius 3 is 1.31 bits per heavy atom. The second kappa shape index (κ2) is 25.2. The van der Waals surface area contributed by atoms with Crippen molar-refractivity contribution in [3.05, 3.63) is 204 Å². The molecule has 8 aromatic rings. The van der Waals surface area contributed by atoms with E-state index in [4.69, 9.17) is 24.8 Å². The summed E-state index contributed by atoms with van der Waals surface area (Å²) in [6.45, 7) is -0.433. The van der Waals surface area contributed by atoms with Crippen LogP contribution in [0.25, 0.3) is 21.5 Å². The number of hydrogen-bond acceptors (Lipinski definition) is 12. The van der Waals surface area contributed by atoms with E-state index >= 15 is 0 Å². The normalized spacial score (nSPS) is 12.4. The lowest BCUT2D eigenvalue weighted by Crippen LogP contribution is -2.83. The highest BCUT2D eigenvalue weighted by Gasteiger charge is 2.30. The van der Waals surface area contributed by atoms with Crippen molar-refractivity contribution in [3.8, 4) is 23.0 Å². The van der Waals surface area contributed by atoms with E-state index in [0.717, 1.165) is 21.5 Å². The number of nitrogens with one attached hydrogen (secondary N) is 2. The zero-order valence-corrected chi connectivity index (χ0v) is 38.2. The standard InChI is InChI=1S/2C24H17NO4.C7H17NO5/c2*26-23(25-22-8-4-3-7-21(22)24(27)28)17-10-12-19(13-11-17)29-20-14-9-16-5-1-2-6-18(16)15-20;1-8-2-4(10)6(12)7(13)5(11)3-9/h2*1-15H,(H,25,26)(H,27,28);4-13H,2-3H2,1H3. The van der Waals surface area contributed by atoms with Crippen LogP contribution in [0.2, 0.25) is 0 Å². The van der Waals surface area contributed by atoms with E-state index in [0.29, 0.717) is 34.1 Å². The van der Waals surface area contributed by atoms with Crippen LogP contribution in [0.5, 0.6) is 23.0 Å². The minimum absolute atomic E-state index is 0.0390. The van der Waals surface area contributed by atoms with Crippen LogP contribution >= 0.6 is 0 Å². The molecule has 0 aromatic heterocycles. The quantitative estimate of drug-likeness (QED) is 0.0584. The molecule has 0 saturated carbocycles. The number of quaternary nitrogens is 1. The number of carboxylic acids is 2. The monoisotopic (exact) mass is 961 g/mol. The Kier molecular flexibility index (Phi) is 18.4. The van der Waals surface area contributed by atoms with Crippen LogP contribution in [0.4, 0.5) is 11.4 Å². The van der Waals surface area contributed by atoms with Gasteiger partial charge in [0.25, 0.3) is 11.8 Å². The van der Waals surface area contributed by atoms with E-state index in [1.807, 2.05) is 84.9 Å². The average molecular weight is 962 g/mol. The number of amides is 2. The third kappa shape index (κ3) is 14.5. The Bertz CT molecular complexity index is 2880. The molecule has 8 aromatic carbocycles. The van der Waals surface area contributed by atoms with E-state index in [9.17, 15) is 39.6 Å². The van der Waals surface area contributed by atoms with Crippen molar-refractivity contribution in [2.24, 2.45) is 0 Å². The summed E-state index contributed by atoms with van der Waals surface area (Å²) in [6, 6.07) is 53.4. The van der Waals surface area contributed by atoms with Gasteiger partial charge in [-0.2, -0.15) is 0 Å². The summed E-state index contributed by atoms with van der Waals surface area (Å²) in [4.78, 5) is 47.3. The second-order valence-electron chi connectivity index (χ2n) is 15.8. The molecule has 0 aliphatic rings. The van der Waals surface area contributed by atoms with Gasteiger partial charge >= 0.3 is 5.97 Å². The Morgan fingerprint density at radius 2 is 0.887 bits per heavy atom. The third-order valence-electron chi connectivity index (χ3n) is 10.7. The van der Waals surface area contributed by atoms with Crippen LogP contribution in [0, 0.1) is 0 Å². The first-order valence-corrected chi connectivity index (χ1v) is 22.1. The predicted molar refractivity (Wildman–Crippen MR) is 265 cm³/mol. The van der Waals surface area contributed by atoms with Gasteiger partial charge in [-0.3, -0.25) is 9.59 Å². The number of aromatic carboxylic acids is 2. The number of anilines is 2. The summed E-state index contributed by atoms with van der Waals surface area (Å²) in [5.41, 5.74) is 1.18. The molecule has 0 bridgehead atoms. The van der Waals surface area contributed by atoms with Gasteiger partial charge in [0, 0.05) is 16.7 Å². The van der Waals surface area contributed by atoms with Crippen LogP contribution in [-0.2, 0) is 0 Å². The Balaban J connectivity index is 0.000000188. The van der Waals surface area contributed by atoms with E-state index < -0.39 is 54.8 Å². The summed E-state index contributed by atoms with van der Waals surface area (Å²) in [6.07, 6.45) is -5.53. The van der Waals surface area contributed by atoms with Gasteiger partial charge in [-0.05, 0) is 113 Å². The fourth-order valence-electron chi connectivity index (χ4n) is 6.96. The molecule has 0 spiro atoms. The van der Waals surface area contributed by atoms with Gasteiger partial charge in [0.05, 0.1) is 36.6 Å². The molecule has 16 heteroatoms. The number of carbonyl (C=O) groups is 4. The van der Waals surface area contributed by atoms with Gasteiger partial charge in [0.2, 0.25) is 0 Å². The summed E-state index contributed by atoms with van der Waals surface area (Å²) in [5, 5.41) is 76.6. The van der Waals surface area contributed by atoms with Crippen molar-refractivity contribution < 1.29 is 69.7 Å². The number of rotatable bonds is 16. The lowest BCUT2D eigenvalue weighted by Gasteiger charge is -2.24. The first-order chi connectivity index (χ1) is 34.2. The molecular formula is C55H51N3O13. The first-order valence-electron chi connectivity index (χ1n) is 22.1. The molecule has 4 atom stereocenters. The molecule has 0 fully saturated rings. The zero-order valence-electron chi connectivity index (χ0n) is 38.2. The van der Waals surface area contributed by atoms with E-state index in [1.165, 1.54) is 18.2 Å². The summed E-state index contributed by atoms with van der Waals surface area (Å²) >= 11 is 0. The maximum absolute atomic E-state index is 12.5. The van der Waals surface area contributed by atoms with Crippen LogP contribution in [0.3, 0.4) is 0 Å². The summed E-state index contributed by atoms with van der Waals surface area (Å²) in [7, 11) is 1.70. The number of para-hydroxylation sites is 2. The van der Waals surface area contributed by atoms with Gasteiger partial charge in [-0.1, -0.05) is 91.0 Å². The molecule has 0 aliphatic heterocycles. The highest BCUT2D eigenvalue weighted by molar-refractivity contribution is 6.08. The molecule has 71 heavy (non-hydrogen) atoms. The number of carboxylic acid groups (broad SMARTS) is 2. The van der Waals surface area contributed by atoms with Crippen molar-refractivity contribution in [3.63, 3.8) is 0 Å². The second-order valence-corrected chi connectivity index (χ2v) is 15.8. The van der Waals surface area contributed by atoms with Gasteiger partial charge in [0.15, 0.2) is 0 Å². The van der Waals surface area contributed by atoms with Crippen molar-refractivity contribution in [1.29, 1.82) is 0 Å². The molecule has 10 N–H and O–H groups in total. The molecule has 0 aliphatic carbocycles. The third-order valence-corrected chi connectivity index (χ3v) is 10.7. The van der Waals surface area contributed by atoms with E-state index in [1.54, 1.807) is 91.2 Å². The van der Waals surface area contributed by atoms with Crippen LogP contribution in [-0.4, -0.2) is 99.0 Å². The highest BCUT2D eigenvalue weighted by Crippen LogP contribution is 2.28. The number of aliphatic hydroxyl groups is 5. The lowest BCUT2D eigenvalue weighted by atomic mass is 10.0. The Labute approximate surface area is 407 Å². The smallest absolute Gasteiger partial charge is 0.337 e. The molecule has 364 valence electrons.